The van der Waals surface area contributed by atoms with Crippen LogP contribution in [0.25, 0.3) is 0 Å². The van der Waals surface area contributed by atoms with Gasteiger partial charge in [-0.3, -0.25) is 9.69 Å². The van der Waals surface area contributed by atoms with Gasteiger partial charge in [-0.05, 0) is 38.3 Å². The lowest BCUT2D eigenvalue weighted by Gasteiger charge is -2.38. The highest BCUT2D eigenvalue weighted by Gasteiger charge is 2.31. The SMILES string of the molecule is Cc1ccc(S(=O)(=O)N2CCN(CC(=O)N3CCCCC3CN)CC2)cc1. The number of rotatable bonds is 5. The lowest BCUT2D eigenvalue weighted by Crippen LogP contribution is -2.54. The zero-order valence-corrected chi connectivity index (χ0v) is 16.8. The molecule has 3 rings (SSSR count). The third-order valence-electron chi connectivity index (χ3n) is 5.57. The number of benzene rings is 1. The summed E-state index contributed by atoms with van der Waals surface area (Å²) in [5.74, 6) is 0.111. The molecule has 2 fully saturated rings. The van der Waals surface area contributed by atoms with E-state index in [2.05, 4.69) is 0 Å². The standard InChI is InChI=1S/C19H30N4O3S/c1-16-5-7-18(8-6-16)27(25,26)22-12-10-21(11-13-22)15-19(24)23-9-3-2-4-17(23)14-20/h5-8,17H,2-4,9-15,20H2,1H3. The second-order valence-electron chi connectivity index (χ2n) is 7.47. The first kappa shape index (κ1) is 20.3. The monoisotopic (exact) mass is 394 g/mol. The van der Waals surface area contributed by atoms with Crippen molar-refractivity contribution < 1.29 is 13.2 Å². The minimum Gasteiger partial charge on any atom is -0.337 e. The number of aryl methyl sites for hydroxylation is 1. The maximum absolute atomic E-state index is 12.8. The minimum atomic E-state index is -3.47. The van der Waals surface area contributed by atoms with E-state index in [1.807, 2.05) is 28.9 Å². The van der Waals surface area contributed by atoms with Crippen LogP contribution in [0.1, 0.15) is 24.8 Å². The molecule has 0 spiro atoms. The molecule has 27 heavy (non-hydrogen) atoms. The smallest absolute Gasteiger partial charge is 0.243 e. The van der Waals surface area contributed by atoms with E-state index in [9.17, 15) is 13.2 Å². The van der Waals surface area contributed by atoms with Crippen molar-refractivity contribution in [3.63, 3.8) is 0 Å². The molecule has 0 aliphatic carbocycles. The quantitative estimate of drug-likeness (QED) is 0.792. The molecule has 1 aromatic rings. The maximum Gasteiger partial charge on any atom is 0.243 e. The van der Waals surface area contributed by atoms with Crippen LogP contribution < -0.4 is 5.73 Å². The summed E-state index contributed by atoms with van der Waals surface area (Å²) in [4.78, 5) is 17.0. The topological polar surface area (TPSA) is 87.0 Å². The van der Waals surface area contributed by atoms with E-state index in [4.69, 9.17) is 5.73 Å². The molecular weight excluding hydrogens is 364 g/mol. The van der Waals surface area contributed by atoms with Crippen molar-refractivity contribution in [3.8, 4) is 0 Å². The van der Waals surface area contributed by atoms with Gasteiger partial charge in [0.1, 0.15) is 0 Å². The van der Waals surface area contributed by atoms with E-state index in [0.29, 0.717) is 44.2 Å². The number of hydrogen-bond acceptors (Lipinski definition) is 5. The number of hydrogen-bond donors (Lipinski definition) is 1. The van der Waals surface area contributed by atoms with Gasteiger partial charge < -0.3 is 10.6 Å². The van der Waals surface area contributed by atoms with Gasteiger partial charge in [0.15, 0.2) is 0 Å². The molecule has 2 N–H and O–H groups in total. The van der Waals surface area contributed by atoms with E-state index < -0.39 is 10.0 Å². The van der Waals surface area contributed by atoms with E-state index in [1.54, 1.807) is 12.1 Å². The summed E-state index contributed by atoms with van der Waals surface area (Å²) in [6.45, 7) is 5.51. The number of piperidine rings is 1. The first-order valence-corrected chi connectivity index (χ1v) is 11.1. The van der Waals surface area contributed by atoms with Gasteiger partial charge in [0.2, 0.25) is 15.9 Å². The highest BCUT2D eigenvalue weighted by atomic mass is 32.2. The van der Waals surface area contributed by atoms with Crippen molar-refractivity contribution in [1.29, 1.82) is 0 Å². The molecule has 2 aliphatic rings. The van der Waals surface area contributed by atoms with Crippen molar-refractivity contribution in [2.45, 2.75) is 37.1 Å². The largest absolute Gasteiger partial charge is 0.337 e. The van der Waals surface area contributed by atoms with Gasteiger partial charge in [0, 0.05) is 45.3 Å². The average molecular weight is 395 g/mol. The summed E-state index contributed by atoms with van der Waals surface area (Å²) < 4.78 is 27.1. The summed E-state index contributed by atoms with van der Waals surface area (Å²) in [7, 11) is -3.47. The number of carbonyl (C=O) groups is 1. The second-order valence-corrected chi connectivity index (χ2v) is 9.40. The molecule has 2 saturated heterocycles. The fourth-order valence-corrected chi connectivity index (χ4v) is 5.27. The molecule has 0 bridgehead atoms. The second kappa shape index (κ2) is 8.68. The van der Waals surface area contributed by atoms with Gasteiger partial charge in [0.05, 0.1) is 11.4 Å². The van der Waals surface area contributed by atoms with Crippen molar-refractivity contribution in [2.24, 2.45) is 5.73 Å². The molecule has 2 aliphatic heterocycles. The van der Waals surface area contributed by atoms with Crippen molar-refractivity contribution in [1.82, 2.24) is 14.1 Å². The Bertz CT molecular complexity index is 743. The fraction of sp³-hybridized carbons (Fsp3) is 0.632. The average Bonchev–Trinajstić information content (AvgIpc) is 2.68. The number of nitrogens with zero attached hydrogens (tertiary/aromatic N) is 3. The summed E-state index contributed by atoms with van der Waals surface area (Å²) >= 11 is 0. The van der Waals surface area contributed by atoms with Gasteiger partial charge in [-0.2, -0.15) is 4.31 Å². The molecule has 0 radical (unpaired) electrons. The van der Waals surface area contributed by atoms with Crippen molar-refractivity contribution >= 4 is 15.9 Å². The Labute approximate surface area is 162 Å². The predicted octanol–water partition coefficient (Wildman–Crippen LogP) is 0.641. The molecule has 1 aromatic carbocycles. The number of carbonyl (C=O) groups excluding carboxylic acids is 1. The van der Waals surface area contributed by atoms with Crippen LogP contribution in [0.2, 0.25) is 0 Å². The Kier molecular flexibility index (Phi) is 6.52. The minimum absolute atomic E-state index is 0.111. The Hall–Kier alpha value is -1.48. The van der Waals surface area contributed by atoms with Crippen molar-refractivity contribution in [3.05, 3.63) is 29.8 Å². The van der Waals surface area contributed by atoms with Crippen LogP contribution >= 0.6 is 0 Å². The maximum atomic E-state index is 12.8. The van der Waals surface area contributed by atoms with E-state index in [1.165, 1.54) is 4.31 Å². The van der Waals surface area contributed by atoms with Crippen LogP contribution in [0.4, 0.5) is 0 Å². The Morgan fingerprint density at radius 1 is 1.07 bits per heavy atom. The molecule has 2 heterocycles. The molecule has 7 nitrogen and oxygen atoms in total. The first-order valence-electron chi connectivity index (χ1n) is 9.70. The summed E-state index contributed by atoms with van der Waals surface area (Å²) in [5, 5.41) is 0. The highest BCUT2D eigenvalue weighted by molar-refractivity contribution is 7.89. The van der Waals surface area contributed by atoms with E-state index >= 15 is 0 Å². The van der Waals surface area contributed by atoms with Gasteiger partial charge in [-0.1, -0.05) is 17.7 Å². The van der Waals surface area contributed by atoms with Crippen LogP contribution in [0.5, 0.6) is 0 Å². The molecule has 1 unspecified atom stereocenters. The van der Waals surface area contributed by atoms with Crippen LogP contribution in [-0.2, 0) is 14.8 Å². The van der Waals surface area contributed by atoms with E-state index in [-0.39, 0.29) is 11.9 Å². The molecule has 1 atom stereocenters. The molecule has 150 valence electrons. The third-order valence-corrected chi connectivity index (χ3v) is 7.48. The fourth-order valence-electron chi connectivity index (χ4n) is 3.84. The predicted molar refractivity (Wildman–Crippen MR) is 105 cm³/mol. The molecule has 8 heteroatoms. The Balaban J connectivity index is 1.55. The van der Waals surface area contributed by atoms with Crippen LogP contribution in [0, 0.1) is 6.92 Å². The number of sulfonamides is 1. The zero-order chi connectivity index (χ0) is 19.4. The first-order chi connectivity index (χ1) is 12.9. The van der Waals surface area contributed by atoms with Crippen LogP contribution in [0.3, 0.4) is 0 Å². The normalized spacial score (nSPS) is 22.7. The Morgan fingerprint density at radius 2 is 1.74 bits per heavy atom. The summed E-state index contributed by atoms with van der Waals surface area (Å²) in [6, 6.07) is 7.09. The molecule has 0 aromatic heterocycles. The number of piperazine rings is 1. The Morgan fingerprint density at radius 3 is 2.37 bits per heavy atom. The summed E-state index contributed by atoms with van der Waals surface area (Å²) in [5.41, 5.74) is 6.85. The van der Waals surface area contributed by atoms with Crippen molar-refractivity contribution in [2.75, 3.05) is 45.8 Å². The number of likely N-dealkylation sites (tertiary alicyclic amines) is 1. The van der Waals surface area contributed by atoms with E-state index in [0.717, 1.165) is 31.4 Å². The lowest BCUT2D eigenvalue weighted by molar-refractivity contribution is -0.136. The summed E-state index contributed by atoms with van der Waals surface area (Å²) in [6.07, 6.45) is 3.14. The highest BCUT2D eigenvalue weighted by Crippen LogP contribution is 2.19. The number of nitrogens with two attached hydrogens (primary N) is 1. The van der Waals surface area contributed by atoms with Gasteiger partial charge in [-0.25, -0.2) is 8.42 Å². The van der Waals surface area contributed by atoms with Gasteiger partial charge in [0.25, 0.3) is 0 Å². The molecular formula is C19H30N4O3S. The van der Waals surface area contributed by atoms with Crippen LogP contribution in [-0.4, -0.2) is 80.3 Å². The van der Waals surface area contributed by atoms with Gasteiger partial charge >= 0.3 is 0 Å². The molecule has 1 amide bonds. The van der Waals surface area contributed by atoms with Crippen LogP contribution in [0.15, 0.2) is 29.2 Å². The lowest BCUT2D eigenvalue weighted by atomic mass is 10.0. The van der Waals surface area contributed by atoms with Gasteiger partial charge in [-0.15, -0.1) is 0 Å². The third kappa shape index (κ3) is 4.68. The molecule has 0 saturated carbocycles. The zero-order valence-electron chi connectivity index (χ0n) is 16.0. The number of amides is 1.